The van der Waals surface area contributed by atoms with Crippen molar-refractivity contribution in [2.45, 2.75) is 19.4 Å². The van der Waals surface area contributed by atoms with Crippen LogP contribution in [-0.2, 0) is 0 Å². The summed E-state index contributed by atoms with van der Waals surface area (Å²) in [5.41, 5.74) is 0.642. The molecule has 0 bridgehead atoms. The molecule has 18 heavy (non-hydrogen) atoms. The molecule has 0 aliphatic heterocycles. The third-order valence-corrected chi connectivity index (χ3v) is 3.29. The van der Waals surface area contributed by atoms with Crippen LogP contribution >= 0.6 is 11.3 Å². The van der Waals surface area contributed by atoms with Crippen LogP contribution in [0.3, 0.4) is 0 Å². The molecule has 4 nitrogen and oxygen atoms in total. The summed E-state index contributed by atoms with van der Waals surface area (Å²) in [4.78, 5) is 14.3. The molecule has 98 valence electrons. The summed E-state index contributed by atoms with van der Waals surface area (Å²) >= 11 is 1.33. The van der Waals surface area contributed by atoms with Crippen LogP contribution in [0.4, 0.5) is 0 Å². The summed E-state index contributed by atoms with van der Waals surface area (Å²) in [6, 6.07) is 1.77. The Morgan fingerprint density at radius 1 is 1.61 bits per heavy atom. The van der Waals surface area contributed by atoms with E-state index in [1.165, 1.54) is 11.3 Å². The van der Waals surface area contributed by atoms with Crippen molar-refractivity contribution in [3.05, 3.63) is 21.9 Å². The first-order chi connectivity index (χ1) is 8.56. The lowest BCUT2D eigenvalue weighted by Crippen LogP contribution is -2.29. The number of carbonyl (C=O) groups is 1. The Bertz CT molecular complexity index is 456. The molecule has 1 rings (SSSR count). The third kappa shape index (κ3) is 4.15. The topological polar surface area (TPSA) is 60.8 Å². The molecule has 1 aromatic rings. The highest BCUT2D eigenvalue weighted by Crippen LogP contribution is 2.18. The van der Waals surface area contributed by atoms with Gasteiger partial charge in [-0.25, -0.2) is 0 Å². The monoisotopic (exact) mass is 267 g/mol. The molecule has 0 radical (unpaired) electrons. The minimum atomic E-state index is -0.419. The van der Waals surface area contributed by atoms with E-state index in [0.717, 1.165) is 0 Å². The number of rotatable bonds is 4. The lowest BCUT2D eigenvalue weighted by Gasteiger charge is -2.17. The van der Waals surface area contributed by atoms with Gasteiger partial charge in [0.15, 0.2) is 0 Å². The van der Waals surface area contributed by atoms with Crippen molar-refractivity contribution < 1.29 is 15.0 Å². The molecule has 0 saturated carbocycles. The number of nitrogens with zero attached hydrogens (tertiary/aromatic N) is 1. The molecule has 0 fully saturated rings. The fourth-order valence-electron chi connectivity index (χ4n) is 1.36. The Morgan fingerprint density at radius 3 is 2.94 bits per heavy atom. The van der Waals surface area contributed by atoms with Crippen molar-refractivity contribution in [3.8, 4) is 11.8 Å². The summed E-state index contributed by atoms with van der Waals surface area (Å²) in [6.45, 7) is 1.98. The highest BCUT2D eigenvalue weighted by atomic mass is 32.1. The minimum absolute atomic E-state index is 0.104. The zero-order chi connectivity index (χ0) is 13.5. The van der Waals surface area contributed by atoms with Gasteiger partial charge in [-0.3, -0.25) is 4.79 Å². The standard InChI is InChI=1S/C13H17NO3S/c1-10(16)5-7-14(2)13(17)12-11(4-3-8-15)6-9-18-12/h6,9-10,15-16H,5,7-8H2,1-2H3. The molecule has 5 heteroatoms. The maximum atomic E-state index is 12.1. The molecule has 0 aromatic carbocycles. The highest BCUT2D eigenvalue weighted by molar-refractivity contribution is 7.12. The minimum Gasteiger partial charge on any atom is -0.393 e. The molecule has 1 aromatic heterocycles. The molecular weight excluding hydrogens is 250 g/mol. The number of amides is 1. The number of carbonyl (C=O) groups excluding carboxylic acids is 1. The number of hydrogen-bond donors (Lipinski definition) is 2. The second kappa shape index (κ2) is 7.17. The average molecular weight is 267 g/mol. The molecule has 0 aliphatic carbocycles. The summed E-state index contributed by atoms with van der Waals surface area (Å²) in [7, 11) is 1.70. The van der Waals surface area contributed by atoms with Gasteiger partial charge in [-0.15, -0.1) is 11.3 Å². The van der Waals surface area contributed by atoms with Crippen molar-refractivity contribution >= 4 is 17.2 Å². The maximum absolute atomic E-state index is 12.1. The van der Waals surface area contributed by atoms with E-state index < -0.39 is 6.10 Å². The van der Waals surface area contributed by atoms with Gasteiger partial charge < -0.3 is 15.1 Å². The molecule has 1 heterocycles. The maximum Gasteiger partial charge on any atom is 0.264 e. The van der Waals surface area contributed by atoms with Gasteiger partial charge >= 0.3 is 0 Å². The Morgan fingerprint density at radius 2 is 2.33 bits per heavy atom. The first kappa shape index (κ1) is 14.7. The molecular formula is C13H17NO3S. The average Bonchev–Trinajstić information content (AvgIpc) is 2.80. The van der Waals surface area contributed by atoms with Gasteiger partial charge in [-0.2, -0.15) is 0 Å². The number of aliphatic hydroxyl groups excluding tert-OH is 2. The highest BCUT2D eigenvalue weighted by Gasteiger charge is 2.16. The Balaban J connectivity index is 2.74. The molecule has 1 amide bonds. The van der Waals surface area contributed by atoms with E-state index in [4.69, 9.17) is 5.11 Å². The van der Waals surface area contributed by atoms with Crippen molar-refractivity contribution in [1.82, 2.24) is 4.90 Å². The van der Waals surface area contributed by atoms with Gasteiger partial charge in [0, 0.05) is 19.2 Å². The summed E-state index contributed by atoms with van der Waals surface area (Å²) in [5, 5.41) is 19.7. The van der Waals surface area contributed by atoms with Crippen molar-refractivity contribution in [3.63, 3.8) is 0 Å². The van der Waals surface area contributed by atoms with Crippen LogP contribution in [0, 0.1) is 11.8 Å². The van der Waals surface area contributed by atoms with E-state index in [2.05, 4.69) is 11.8 Å². The van der Waals surface area contributed by atoms with Crippen LogP contribution in [0.2, 0.25) is 0 Å². The number of aliphatic hydroxyl groups is 2. The van der Waals surface area contributed by atoms with Crippen molar-refractivity contribution in [2.75, 3.05) is 20.2 Å². The lowest BCUT2D eigenvalue weighted by atomic mass is 10.2. The Labute approximate surface area is 111 Å². The van der Waals surface area contributed by atoms with Crippen LogP contribution in [-0.4, -0.2) is 47.3 Å². The summed E-state index contributed by atoms with van der Waals surface area (Å²) in [5.74, 6) is 5.19. The van der Waals surface area contributed by atoms with Crippen LogP contribution in [0.15, 0.2) is 11.4 Å². The SMILES string of the molecule is CC(O)CCN(C)C(=O)c1sccc1C#CCO. The quantitative estimate of drug-likeness (QED) is 0.798. The summed E-state index contributed by atoms with van der Waals surface area (Å²) in [6.07, 6.45) is 0.128. The molecule has 0 spiro atoms. The Kier molecular flexibility index (Phi) is 5.86. The van der Waals surface area contributed by atoms with Gasteiger partial charge in [0.2, 0.25) is 0 Å². The second-order valence-electron chi connectivity index (χ2n) is 3.99. The zero-order valence-electron chi connectivity index (χ0n) is 10.5. The predicted octanol–water partition coefficient (Wildman–Crippen LogP) is 0.935. The van der Waals surface area contributed by atoms with E-state index in [0.29, 0.717) is 23.4 Å². The molecule has 1 unspecified atom stereocenters. The largest absolute Gasteiger partial charge is 0.393 e. The zero-order valence-corrected chi connectivity index (χ0v) is 11.3. The van der Waals surface area contributed by atoms with Crippen LogP contribution in [0.1, 0.15) is 28.6 Å². The van der Waals surface area contributed by atoms with Gasteiger partial charge in [0.05, 0.1) is 6.10 Å². The van der Waals surface area contributed by atoms with Crippen molar-refractivity contribution in [1.29, 1.82) is 0 Å². The van der Waals surface area contributed by atoms with E-state index >= 15 is 0 Å². The number of hydrogen-bond acceptors (Lipinski definition) is 4. The molecule has 2 N–H and O–H groups in total. The van der Waals surface area contributed by atoms with Gasteiger partial charge in [0.1, 0.15) is 11.5 Å². The van der Waals surface area contributed by atoms with Crippen LogP contribution in [0.5, 0.6) is 0 Å². The fourth-order valence-corrected chi connectivity index (χ4v) is 2.21. The van der Waals surface area contributed by atoms with E-state index in [1.807, 2.05) is 0 Å². The van der Waals surface area contributed by atoms with Crippen LogP contribution < -0.4 is 0 Å². The summed E-state index contributed by atoms with van der Waals surface area (Å²) < 4.78 is 0. The third-order valence-electron chi connectivity index (χ3n) is 2.39. The van der Waals surface area contributed by atoms with E-state index in [-0.39, 0.29) is 12.5 Å². The van der Waals surface area contributed by atoms with Crippen LogP contribution in [0.25, 0.3) is 0 Å². The van der Waals surface area contributed by atoms with Gasteiger partial charge in [0.25, 0.3) is 5.91 Å². The normalized spacial score (nSPS) is 11.6. The fraction of sp³-hybridized carbons (Fsp3) is 0.462. The van der Waals surface area contributed by atoms with E-state index in [9.17, 15) is 9.90 Å². The molecule has 0 saturated heterocycles. The molecule has 1 atom stereocenters. The lowest BCUT2D eigenvalue weighted by molar-refractivity contribution is 0.0773. The van der Waals surface area contributed by atoms with Gasteiger partial charge in [-0.1, -0.05) is 11.8 Å². The first-order valence-electron chi connectivity index (χ1n) is 5.67. The van der Waals surface area contributed by atoms with Gasteiger partial charge in [-0.05, 0) is 24.8 Å². The smallest absolute Gasteiger partial charge is 0.264 e. The Hall–Kier alpha value is -1.35. The molecule has 0 aliphatic rings. The van der Waals surface area contributed by atoms with E-state index in [1.54, 1.807) is 30.3 Å². The predicted molar refractivity (Wildman–Crippen MR) is 71.5 cm³/mol. The van der Waals surface area contributed by atoms with Crippen molar-refractivity contribution in [2.24, 2.45) is 0 Å². The number of thiophene rings is 1. The second-order valence-corrected chi connectivity index (χ2v) is 4.90. The first-order valence-corrected chi connectivity index (χ1v) is 6.55.